The van der Waals surface area contributed by atoms with Crippen molar-refractivity contribution in [1.82, 2.24) is 9.97 Å². The zero-order valence-corrected chi connectivity index (χ0v) is 9.65. The highest BCUT2D eigenvalue weighted by molar-refractivity contribution is 5.26. The second kappa shape index (κ2) is 7.87. The summed E-state index contributed by atoms with van der Waals surface area (Å²) in [6.07, 6.45) is 7.42. The van der Waals surface area contributed by atoms with Gasteiger partial charge in [-0.15, -0.1) is 0 Å². The minimum absolute atomic E-state index is 0.287. The van der Waals surface area contributed by atoms with Gasteiger partial charge in [0.25, 0.3) is 0 Å². The fourth-order valence-electron chi connectivity index (χ4n) is 1.30. The van der Waals surface area contributed by atoms with Crippen molar-refractivity contribution in [2.75, 3.05) is 25.6 Å². The predicted octanol–water partition coefficient (Wildman–Crippen LogP) is 1.45. The summed E-state index contributed by atoms with van der Waals surface area (Å²) in [6.45, 7) is 1.15. The molecule has 0 saturated carbocycles. The Bertz CT molecular complexity index is 277. The third-order valence-corrected chi connectivity index (χ3v) is 2.23. The number of nitrogens with one attached hydrogen (secondary N) is 1. The number of anilines is 1. The van der Waals surface area contributed by atoms with E-state index in [1.54, 1.807) is 19.5 Å². The molecule has 1 aromatic heterocycles. The number of hydrogen-bond acceptors (Lipinski definition) is 5. The molecule has 5 nitrogen and oxygen atoms in total. The lowest BCUT2D eigenvalue weighted by molar-refractivity contribution is 0.283. The van der Waals surface area contributed by atoms with Crippen molar-refractivity contribution in [1.29, 1.82) is 0 Å². The Morgan fingerprint density at radius 2 is 1.88 bits per heavy atom. The molecule has 0 aliphatic rings. The Morgan fingerprint density at radius 1 is 1.19 bits per heavy atom. The Labute approximate surface area is 95.9 Å². The molecule has 0 unspecified atom stereocenters. The van der Waals surface area contributed by atoms with E-state index < -0.39 is 0 Å². The maximum absolute atomic E-state index is 8.60. The first kappa shape index (κ1) is 12.7. The van der Waals surface area contributed by atoms with Crippen molar-refractivity contribution in [2.45, 2.75) is 25.7 Å². The van der Waals surface area contributed by atoms with Gasteiger partial charge < -0.3 is 15.2 Å². The molecular weight excluding hydrogens is 206 g/mol. The maximum Gasteiger partial charge on any atom is 0.222 e. The highest BCUT2D eigenvalue weighted by Crippen LogP contribution is 2.07. The minimum atomic E-state index is 0.287. The summed E-state index contributed by atoms with van der Waals surface area (Å²) in [5.41, 5.74) is 0. The standard InChI is InChI=1S/C11H19N3O2/c1-16-10-8-13-11(14-9-10)12-6-4-2-3-5-7-15/h8-9,15H,2-7H2,1H3,(H,12,13,14). The summed E-state index contributed by atoms with van der Waals surface area (Å²) in [5, 5.41) is 11.7. The predicted molar refractivity (Wildman–Crippen MR) is 62.6 cm³/mol. The molecule has 1 rings (SSSR count). The molecule has 0 bridgehead atoms. The molecule has 0 radical (unpaired) electrons. The first-order valence-electron chi connectivity index (χ1n) is 5.57. The number of nitrogens with zero attached hydrogens (tertiary/aromatic N) is 2. The molecule has 2 N–H and O–H groups in total. The van der Waals surface area contributed by atoms with E-state index in [2.05, 4.69) is 15.3 Å². The highest BCUT2D eigenvalue weighted by Gasteiger charge is 1.96. The summed E-state index contributed by atoms with van der Waals surface area (Å²) >= 11 is 0. The van der Waals surface area contributed by atoms with Crippen LogP contribution < -0.4 is 10.1 Å². The lowest BCUT2D eigenvalue weighted by Crippen LogP contribution is -2.05. The van der Waals surface area contributed by atoms with E-state index in [0.717, 1.165) is 32.2 Å². The van der Waals surface area contributed by atoms with Crippen LogP contribution in [0.4, 0.5) is 5.95 Å². The molecule has 0 saturated heterocycles. The number of aromatic nitrogens is 2. The van der Waals surface area contributed by atoms with Crippen LogP contribution in [0.15, 0.2) is 12.4 Å². The average Bonchev–Trinajstić information content (AvgIpc) is 2.34. The number of hydrogen-bond donors (Lipinski definition) is 2. The summed E-state index contributed by atoms with van der Waals surface area (Å²) in [7, 11) is 1.59. The normalized spacial score (nSPS) is 10.1. The van der Waals surface area contributed by atoms with Gasteiger partial charge in [0.2, 0.25) is 5.95 Å². The molecular formula is C11H19N3O2. The Kier molecular flexibility index (Phi) is 6.25. The van der Waals surface area contributed by atoms with Crippen molar-refractivity contribution in [3.8, 4) is 5.75 Å². The largest absolute Gasteiger partial charge is 0.494 e. The summed E-state index contributed by atoms with van der Waals surface area (Å²) in [5.74, 6) is 1.29. The second-order valence-electron chi connectivity index (χ2n) is 3.51. The van der Waals surface area contributed by atoms with Crippen LogP contribution in [0.1, 0.15) is 25.7 Å². The Morgan fingerprint density at radius 3 is 2.50 bits per heavy atom. The molecule has 0 aliphatic heterocycles. The Balaban J connectivity index is 2.12. The van der Waals surface area contributed by atoms with E-state index in [9.17, 15) is 0 Å². The number of ether oxygens (including phenoxy) is 1. The van der Waals surface area contributed by atoms with Gasteiger partial charge in [-0.05, 0) is 12.8 Å². The maximum atomic E-state index is 8.60. The quantitative estimate of drug-likeness (QED) is 0.655. The lowest BCUT2D eigenvalue weighted by Gasteiger charge is -2.04. The number of rotatable bonds is 8. The highest BCUT2D eigenvalue weighted by atomic mass is 16.5. The van der Waals surface area contributed by atoms with Gasteiger partial charge in [-0.2, -0.15) is 0 Å². The fourth-order valence-corrected chi connectivity index (χ4v) is 1.30. The van der Waals surface area contributed by atoms with Crippen LogP contribution in [0.25, 0.3) is 0 Å². The van der Waals surface area contributed by atoms with Gasteiger partial charge in [0.15, 0.2) is 5.75 Å². The first-order valence-corrected chi connectivity index (χ1v) is 5.57. The van der Waals surface area contributed by atoms with Gasteiger partial charge in [0.05, 0.1) is 19.5 Å². The monoisotopic (exact) mass is 225 g/mol. The molecule has 0 spiro atoms. The second-order valence-corrected chi connectivity index (χ2v) is 3.51. The van der Waals surface area contributed by atoms with Crippen LogP contribution in [0.2, 0.25) is 0 Å². The van der Waals surface area contributed by atoms with Gasteiger partial charge in [-0.25, -0.2) is 9.97 Å². The van der Waals surface area contributed by atoms with E-state index in [1.807, 2.05) is 0 Å². The SMILES string of the molecule is COc1cnc(NCCCCCCO)nc1. The molecule has 16 heavy (non-hydrogen) atoms. The molecule has 90 valence electrons. The van der Waals surface area contributed by atoms with Gasteiger partial charge in [-0.3, -0.25) is 0 Å². The summed E-state index contributed by atoms with van der Waals surface area (Å²) in [6, 6.07) is 0. The summed E-state index contributed by atoms with van der Waals surface area (Å²) in [4.78, 5) is 8.19. The van der Waals surface area contributed by atoms with E-state index in [-0.39, 0.29) is 6.61 Å². The van der Waals surface area contributed by atoms with Crippen molar-refractivity contribution in [3.63, 3.8) is 0 Å². The van der Waals surface area contributed by atoms with Crippen molar-refractivity contribution >= 4 is 5.95 Å². The molecule has 1 aromatic rings. The van der Waals surface area contributed by atoms with Crippen molar-refractivity contribution < 1.29 is 9.84 Å². The molecule has 0 aromatic carbocycles. The zero-order chi connectivity index (χ0) is 11.6. The minimum Gasteiger partial charge on any atom is -0.494 e. The lowest BCUT2D eigenvalue weighted by atomic mass is 10.2. The third-order valence-electron chi connectivity index (χ3n) is 2.23. The van der Waals surface area contributed by atoms with Crippen LogP contribution in [-0.4, -0.2) is 35.3 Å². The van der Waals surface area contributed by atoms with Crippen LogP contribution >= 0.6 is 0 Å². The number of aliphatic hydroxyl groups excluding tert-OH is 1. The first-order chi connectivity index (χ1) is 7.86. The van der Waals surface area contributed by atoms with Crippen molar-refractivity contribution in [2.24, 2.45) is 0 Å². The van der Waals surface area contributed by atoms with E-state index in [1.165, 1.54) is 0 Å². The third kappa shape index (κ3) is 4.93. The number of methoxy groups -OCH3 is 1. The van der Waals surface area contributed by atoms with Crippen LogP contribution in [0.3, 0.4) is 0 Å². The summed E-state index contributed by atoms with van der Waals surface area (Å²) < 4.78 is 4.96. The van der Waals surface area contributed by atoms with Gasteiger partial charge in [0.1, 0.15) is 0 Å². The molecule has 5 heteroatoms. The van der Waals surface area contributed by atoms with E-state index >= 15 is 0 Å². The van der Waals surface area contributed by atoms with Crippen LogP contribution in [0.5, 0.6) is 5.75 Å². The van der Waals surface area contributed by atoms with Gasteiger partial charge in [0, 0.05) is 13.2 Å². The zero-order valence-electron chi connectivity index (χ0n) is 9.65. The van der Waals surface area contributed by atoms with Crippen molar-refractivity contribution in [3.05, 3.63) is 12.4 Å². The fraction of sp³-hybridized carbons (Fsp3) is 0.636. The number of aliphatic hydroxyl groups is 1. The molecule has 1 heterocycles. The van der Waals surface area contributed by atoms with Gasteiger partial charge >= 0.3 is 0 Å². The Hall–Kier alpha value is -1.36. The van der Waals surface area contributed by atoms with Crippen LogP contribution in [0, 0.1) is 0 Å². The van der Waals surface area contributed by atoms with Crippen LogP contribution in [-0.2, 0) is 0 Å². The smallest absolute Gasteiger partial charge is 0.222 e. The topological polar surface area (TPSA) is 67.3 Å². The number of unbranched alkanes of at least 4 members (excludes halogenated alkanes) is 3. The molecule has 0 fully saturated rings. The van der Waals surface area contributed by atoms with E-state index in [4.69, 9.17) is 9.84 Å². The van der Waals surface area contributed by atoms with E-state index in [0.29, 0.717) is 11.7 Å². The molecule has 0 amide bonds. The van der Waals surface area contributed by atoms with Gasteiger partial charge in [-0.1, -0.05) is 12.8 Å². The molecule has 0 atom stereocenters. The molecule has 0 aliphatic carbocycles. The average molecular weight is 225 g/mol.